The van der Waals surface area contributed by atoms with Crippen LogP contribution in [0.15, 0.2) is 57.8 Å². The Kier molecular flexibility index (Phi) is 6.93. The summed E-state index contributed by atoms with van der Waals surface area (Å²) in [5.41, 5.74) is 0.914. The molecule has 0 aliphatic carbocycles. The third kappa shape index (κ3) is 4.94. The van der Waals surface area contributed by atoms with Crippen LogP contribution in [0.25, 0.3) is 11.0 Å². The summed E-state index contributed by atoms with van der Waals surface area (Å²) < 4.78 is 38.0. The Hall–Kier alpha value is -3.72. The van der Waals surface area contributed by atoms with Gasteiger partial charge in [0.1, 0.15) is 11.3 Å². The smallest absolute Gasteiger partial charge is 0.291 e. The molecule has 0 saturated carbocycles. The first kappa shape index (κ1) is 23.4. The zero-order valence-corrected chi connectivity index (χ0v) is 18.9. The molecular formula is C23H22N4O6S. The van der Waals surface area contributed by atoms with Crippen molar-refractivity contribution in [3.8, 4) is 6.07 Å². The number of hydrogen-bond acceptors (Lipinski definition) is 7. The van der Waals surface area contributed by atoms with Crippen LogP contribution in [0.2, 0.25) is 0 Å². The molecule has 1 saturated heterocycles. The van der Waals surface area contributed by atoms with Gasteiger partial charge in [-0.2, -0.15) is 5.26 Å². The lowest BCUT2D eigenvalue weighted by Crippen LogP contribution is -2.40. The number of rotatable bonds is 7. The fraction of sp³-hybridized carbons (Fsp3) is 0.261. The molecule has 2 N–H and O–H groups in total. The van der Waals surface area contributed by atoms with Crippen molar-refractivity contribution in [1.82, 2.24) is 9.62 Å². The molecule has 11 heteroatoms. The molecule has 0 radical (unpaired) electrons. The molecule has 34 heavy (non-hydrogen) atoms. The Labute approximate surface area is 196 Å². The molecule has 3 aromatic rings. The Morgan fingerprint density at radius 1 is 1.06 bits per heavy atom. The molecule has 1 fully saturated rings. The van der Waals surface area contributed by atoms with Gasteiger partial charge in [-0.05, 0) is 36.4 Å². The van der Waals surface area contributed by atoms with Gasteiger partial charge in [0.2, 0.25) is 15.8 Å². The minimum Gasteiger partial charge on any atom is -0.449 e. The zero-order chi connectivity index (χ0) is 24.1. The summed E-state index contributed by atoms with van der Waals surface area (Å²) in [4.78, 5) is 27.7. The summed E-state index contributed by atoms with van der Waals surface area (Å²) in [7, 11) is -3.79. The van der Waals surface area contributed by atoms with Gasteiger partial charge in [0.15, 0.2) is 0 Å². The second-order valence-electron chi connectivity index (χ2n) is 7.49. The summed E-state index contributed by atoms with van der Waals surface area (Å²) >= 11 is 0. The highest BCUT2D eigenvalue weighted by Gasteiger charge is 2.28. The van der Waals surface area contributed by atoms with E-state index in [4.69, 9.17) is 14.4 Å². The fourth-order valence-corrected chi connectivity index (χ4v) is 4.56. The van der Waals surface area contributed by atoms with Gasteiger partial charge < -0.3 is 19.4 Å². The molecule has 10 nitrogen and oxygen atoms in total. The molecule has 1 aromatic heterocycles. The molecular weight excluding hydrogens is 460 g/mol. The first-order valence-corrected chi connectivity index (χ1v) is 12.1. The number of fused-ring (bicyclic) bond motifs is 1. The number of nitrogens with one attached hydrogen (secondary N) is 2. The number of sulfonamides is 1. The summed E-state index contributed by atoms with van der Waals surface area (Å²) in [6.45, 7) is 1.68. The van der Waals surface area contributed by atoms with Crippen LogP contribution >= 0.6 is 0 Å². The minimum atomic E-state index is -3.79. The summed E-state index contributed by atoms with van der Waals surface area (Å²) in [6.07, 6.45) is 0.0455. The fourth-order valence-electron chi connectivity index (χ4n) is 3.53. The third-order valence-corrected chi connectivity index (χ3v) is 6.76. The molecule has 2 aromatic carbocycles. The third-order valence-electron chi connectivity index (χ3n) is 5.28. The van der Waals surface area contributed by atoms with Crippen LogP contribution in [0.1, 0.15) is 27.3 Å². The van der Waals surface area contributed by atoms with Crippen molar-refractivity contribution >= 4 is 38.5 Å². The average molecular weight is 483 g/mol. The number of carbonyl (C=O) groups is 2. The zero-order valence-electron chi connectivity index (χ0n) is 18.1. The Morgan fingerprint density at radius 3 is 2.47 bits per heavy atom. The van der Waals surface area contributed by atoms with Gasteiger partial charge in [-0.15, -0.1) is 0 Å². The number of benzene rings is 2. The van der Waals surface area contributed by atoms with Gasteiger partial charge in [-0.3, -0.25) is 9.59 Å². The van der Waals surface area contributed by atoms with E-state index in [9.17, 15) is 18.0 Å². The standard InChI is InChI=1S/C23H22N4O6S/c24-10-3-11-25-34(30,31)17-8-6-16(7-9-17)22(28)26-20-18-4-1-2-5-19(18)33-21(20)23(29)27-12-14-32-15-13-27/h1-2,4-9,25H,3,11-15H2,(H,26,28). The van der Waals surface area contributed by atoms with Gasteiger partial charge in [0, 0.05) is 37.0 Å². The van der Waals surface area contributed by atoms with E-state index in [0.717, 1.165) is 0 Å². The minimum absolute atomic E-state index is 0.00537. The van der Waals surface area contributed by atoms with E-state index in [0.29, 0.717) is 37.3 Å². The number of morpholine rings is 1. The number of anilines is 1. The maximum absolute atomic E-state index is 13.1. The van der Waals surface area contributed by atoms with Gasteiger partial charge in [-0.1, -0.05) is 12.1 Å². The predicted octanol–water partition coefficient (Wildman–Crippen LogP) is 2.35. The van der Waals surface area contributed by atoms with E-state index < -0.39 is 15.9 Å². The van der Waals surface area contributed by atoms with Gasteiger partial charge >= 0.3 is 0 Å². The second kappa shape index (κ2) is 10.0. The predicted molar refractivity (Wildman–Crippen MR) is 123 cm³/mol. The number of para-hydroxylation sites is 1. The number of hydrogen-bond donors (Lipinski definition) is 2. The summed E-state index contributed by atoms with van der Waals surface area (Å²) in [6, 6.07) is 14.2. The van der Waals surface area contributed by atoms with E-state index in [-0.39, 0.29) is 40.8 Å². The molecule has 4 rings (SSSR count). The van der Waals surface area contributed by atoms with Crippen molar-refractivity contribution in [2.75, 3.05) is 38.2 Å². The normalized spacial score (nSPS) is 14.0. The van der Waals surface area contributed by atoms with Crippen LogP contribution in [-0.2, 0) is 14.8 Å². The maximum atomic E-state index is 13.1. The monoisotopic (exact) mass is 482 g/mol. The first-order valence-electron chi connectivity index (χ1n) is 10.6. The van der Waals surface area contributed by atoms with Crippen molar-refractivity contribution in [2.45, 2.75) is 11.3 Å². The molecule has 2 heterocycles. The van der Waals surface area contributed by atoms with Crippen LogP contribution in [0.5, 0.6) is 0 Å². The van der Waals surface area contributed by atoms with Crippen molar-refractivity contribution in [3.63, 3.8) is 0 Å². The number of furan rings is 1. The molecule has 2 amide bonds. The van der Waals surface area contributed by atoms with Gasteiger partial charge in [0.25, 0.3) is 11.8 Å². The van der Waals surface area contributed by atoms with Crippen LogP contribution in [0, 0.1) is 11.3 Å². The first-order chi connectivity index (χ1) is 16.4. The molecule has 0 unspecified atom stereocenters. The topological polar surface area (TPSA) is 142 Å². The van der Waals surface area contributed by atoms with Crippen molar-refractivity contribution < 1.29 is 27.2 Å². The molecule has 0 spiro atoms. The maximum Gasteiger partial charge on any atom is 0.291 e. The summed E-state index contributed by atoms with van der Waals surface area (Å²) in [5.74, 6) is -0.846. The largest absolute Gasteiger partial charge is 0.449 e. The van der Waals surface area contributed by atoms with Gasteiger partial charge in [0.05, 0.1) is 24.2 Å². The lowest BCUT2D eigenvalue weighted by molar-refractivity contribution is 0.0285. The Balaban J connectivity index is 1.58. The molecule has 0 atom stereocenters. The van der Waals surface area contributed by atoms with E-state index in [1.165, 1.54) is 24.3 Å². The van der Waals surface area contributed by atoms with Crippen molar-refractivity contribution in [3.05, 3.63) is 59.9 Å². The number of nitriles is 1. The average Bonchev–Trinajstić information content (AvgIpc) is 3.22. The van der Waals surface area contributed by atoms with Crippen molar-refractivity contribution in [2.24, 2.45) is 0 Å². The summed E-state index contributed by atoms with van der Waals surface area (Å²) in [5, 5.41) is 11.9. The number of carbonyl (C=O) groups excluding carboxylic acids is 2. The molecule has 1 aliphatic heterocycles. The van der Waals surface area contributed by atoms with Crippen molar-refractivity contribution in [1.29, 1.82) is 5.26 Å². The van der Waals surface area contributed by atoms with Crippen LogP contribution in [0.4, 0.5) is 5.69 Å². The molecule has 0 bridgehead atoms. The highest BCUT2D eigenvalue weighted by molar-refractivity contribution is 7.89. The van der Waals surface area contributed by atoms with E-state index in [1.54, 1.807) is 29.2 Å². The van der Waals surface area contributed by atoms with Crippen LogP contribution in [-0.4, -0.2) is 58.0 Å². The van der Waals surface area contributed by atoms with Crippen LogP contribution in [0.3, 0.4) is 0 Å². The lowest BCUT2D eigenvalue weighted by atomic mass is 10.1. The number of amides is 2. The van der Waals surface area contributed by atoms with E-state index in [2.05, 4.69) is 10.0 Å². The highest BCUT2D eigenvalue weighted by Crippen LogP contribution is 2.32. The quantitative estimate of drug-likeness (QED) is 0.492. The highest BCUT2D eigenvalue weighted by atomic mass is 32.2. The Bertz CT molecular complexity index is 1350. The van der Waals surface area contributed by atoms with E-state index in [1.807, 2.05) is 6.07 Å². The molecule has 176 valence electrons. The lowest BCUT2D eigenvalue weighted by Gasteiger charge is -2.26. The number of nitrogens with zero attached hydrogens (tertiary/aromatic N) is 2. The molecule has 1 aliphatic rings. The van der Waals surface area contributed by atoms with Crippen LogP contribution < -0.4 is 10.0 Å². The SMILES string of the molecule is N#CCCNS(=O)(=O)c1ccc(C(=O)Nc2c(C(=O)N3CCOCC3)oc3ccccc23)cc1. The second-order valence-corrected chi connectivity index (χ2v) is 9.26. The Morgan fingerprint density at radius 2 is 1.76 bits per heavy atom. The van der Waals surface area contributed by atoms with Gasteiger partial charge in [-0.25, -0.2) is 13.1 Å². The van der Waals surface area contributed by atoms with E-state index >= 15 is 0 Å². The number of ether oxygens (including phenoxy) is 1.